The number of aromatic amines is 1. The van der Waals surface area contributed by atoms with Crippen molar-refractivity contribution in [1.82, 2.24) is 30.4 Å². The SMILES string of the molecule is CC1CCC(=O)NC1.CCC(C)=CC(C)=N.CCC(C)CCCC(NC(=O)c1ccnn1CCF)c1cnc(C)[nH]1. The van der Waals surface area contributed by atoms with Crippen LogP contribution in [0.25, 0.3) is 0 Å². The molecule has 0 saturated carbocycles. The van der Waals surface area contributed by atoms with Crippen LogP contribution in [0.2, 0.25) is 0 Å². The number of halogens is 1. The highest BCUT2D eigenvalue weighted by Gasteiger charge is 2.20. The zero-order valence-electron chi connectivity index (χ0n) is 26.1. The van der Waals surface area contributed by atoms with Crippen LogP contribution in [0.3, 0.4) is 0 Å². The number of hydrogen-bond donors (Lipinski definition) is 4. The van der Waals surface area contributed by atoms with Crippen molar-refractivity contribution in [3.63, 3.8) is 0 Å². The third-order valence-corrected chi connectivity index (χ3v) is 7.07. The zero-order chi connectivity index (χ0) is 30.8. The van der Waals surface area contributed by atoms with Crippen molar-refractivity contribution in [3.8, 4) is 0 Å². The fraction of sp³-hybridized carbons (Fsp3) is 0.645. The summed E-state index contributed by atoms with van der Waals surface area (Å²) in [6, 6.07) is 1.46. The Morgan fingerprint density at radius 1 is 1.32 bits per heavy atom. The lowest BCUT2D eigenvalue weighted by Crippen LogP contribution is -2.33. The number of aryl methyl sites for hydroxylation is 2. The molecule has 3 heterocycles. The van der Waals surface area contributed by atoms with Crippen LogP contribution in [0.1, 0.15) is 115 Å². The van der Waals surface area contributed by atoms with Crippen LogP contribution in [0.5, 0.6) is 0 Å². The van der Waals surface area contributed by atoms with Crippen LogP contribution in [0.15, 0.2) is 30.1 Å². The Bertz CT molecular complexity index is 1080. The lowest BCUT2D eigenvalue weighted by atomic mass is 9.98. The number of carbonyl (C=O) groups excluding carboxylic acids is 2. The molecular weight excluding hydrogens is 521 g/mol. The van der Waals surface area contributed by atoms with E-state index in [9.17, 15) is 14.0 Å². The number of H-pyrrole nitrogens is 1. The third kappa shape index (κ3) is 14.8. The highest BCUT2D eigenvalue weighted by Crippen LogP contribution is 2.21. The molecule has 9 nitrogen and oxygen atoms in total. The molecule has 1 aliphatic rings. The Hall–Kier alpha value is -3.30. The summed E-state index contributed by atoms with van der Waals surface area (Å²) in [5.74, 6) is 2.15. The molecule has 4 N–H and O–H groups in total. The van der Waals surface area contributed by atoms with Crippen LogP contribution in [-0.4, -0.2) is 50.5 Å². The van der Waals surface area contributed by atoms with Gasteiger partial charge in [0.05, 0.1) is 24.5 Å². The van der Waals surface area contributed by atoms with E-state index in [2.05, 4.69) is 53.4 Å². The normalized spacial score (nSPS) is 16.3. The number of nitrogens with zero attached hydrogens (tertiary/aromatic N) is 3. The average molecular weight is 574 g/mol. The first-order chi connectivity index (χ1) is 19.5. The maximum absolute atomic E-state index is 12.6. The van der Waals surface area contributed by atoms with Crippen LogP contribution >= 0.6 is 0 Å². The van der Waals surface area contributed by atoms with Crippen molar-refractivity contribution in [3.05, 3.63) is 47.3 Å². The van der Waals surface area contributed by atoms with Crippen molar-refractivity contribution < 1.29 is 14.0 Å². The first-order valence-corrected chi connectivity index (χ1v) is 14.9. The molecular formula is C31H52FN7O2. The fourth-order valence-electron chi connectivity index (χ4n) is 4.14. The maximum Gasteiger partial charge on any atom is 0.270 e. The molecule has 1 aliphatic heterocycles. The minimum Gasteiger partial charge on any atom is -0.356 e. The summed E-state index contributed by atoms with van der Waals surface area (Å²) in [4.78, 5) is 30.6. The molecule has 2 amide bonds. The number of hydrogen-bond acceptors (Lipinski definition) is 5. The Morgan fingerprint density at radius 3 is 2.54 bits per heavy atom. The minimum atomic E-state index is -0.556. The van der Waals surface area contributed by atoms with Gasteiger partial charge in [-0.15, -0.1) is 0 Å². The first-order valence-electron chi connectivity index (χ1n) is 14.9. The molecule has 2 aromatic rings. The molecule has 0 aromatic carbocycles. The molecule has 3 unspecified atom stereocenters. The topological polar surface area (TPSA) is 129 Å². The summed E-state index contributed by atoms with van der Waals surface area (Å²) in [5.41, 5.74) is 3.19. The van der Waals surface area contributed by atoms with Gasteiger partial charge >= 0.3 is 0 Å². The zero-order valence-corrected chi connectivity index (χ0v) is 26.1. The van der Waals surface area contributed by atoms with Crippen LogP contribution < -0.4 is 10.6 Å². The Balaban J connectivity index is 0.000000426. The van der Waals surface area contributed by atoms with Crippen LogP contribution in [-0.2, 0) is 11.3 Å². The number of carbonyl (C=O) groups is 2. The van der Waals surface area contributed by atoms with Gasteiger partial charge in [0.25, 0.3) is 5.91 Å². The lowest BCUT2D eigenvalue weighted by Gasteiger charge is -2.19. The van der Waals surface area contributed by atoms with E-state index in [1.54, 1.807) is 19.2 Å². The van der Waals surface area contributed by atoms with Crippen molar-refractivity contribution in [2.75, 3.05) is 13.2 Å². The summed E-state index contributed by atoms with van der Waals surface area (Å²) >= 11 is 0. The van der Waals surface area contributed by atoms with E-state index < -0.39 is 6.67 Å². The Labute approximate surface area is 245 Å². The van der Waals surface area contributed by atoms with Gasteiger partial charge in [0.15, 0.2) is 0 Å². The van der Waals surface area contributed by atoms with Crippen molar-refractivity contribution >= 4 is 17.5 Å². The number of aromatic nitrogens is 4. The second-order valence-electron chi connectivity index (χ2n) is 11.0. The van der Waals surface area contributed by atoms with Gasteiger partial charge in [-0.25, -0.2) is 9.37 Å². The fourth-order valence-corrected chi connectivity index (χ4v) is 4.14. The highest BCUT2D eigenvalue weighted by molar-refractivity contribution is 5.92. The number of nitrogens with one attached hydrogen (secondary N) is 4. The van der Waals surface area contributed by atoms with Gasteiger partial charge in [0.2, 0.25) is 5.91 Å². The largest absolute Gasteiger partial charge is 0.356 e. The number of piperidine rings is 1. The van der Waals surface area contributed by atoms with Gasteiger partial charge in [-0.1, -0.05) is 52.5 Å². The van der Waals surface area contributed by atoms with Crippen molar-refractivity contribution in [2.45, 2.75) is 106 Å². The van der Waals surface area contributed by atoms with Crippen molar-refractivity contribution in [2.24, 2.45) is 11.8 Å². The first kappa shape index (κ1) is 35.7. The molecule has 3 rings (SSSR count). The molecule has 1 fully saturated rings. The van der Waals surface area contributed by atoms with E-state index >= 15 is 0 Å². The van der Waals surface area contributed by atoms with E-state index in [0.29, 0.717) is 23.2 Å². The maximum atomic E-state index is 12.6. The molecule has 0 radical (unpaired) electrons. The van der Waals surface area contributed by atoms with E-state index in [1.807, 2.05) is 19.9 Å². The van der Waals surface area contributed by atoms with Gasteiger partial charge in [0, 0.05) is 24.9 Å². The van der Waals surface area contributed by atoms with Crippen LogP contribution in [0.4, 0.5) is 4.39 Å². The number of imidazole rings is 1. The van der Waals surface area contributed by atoms with Crippen molar-refractivity contribution in [1.29, 1.82) is 5.41 Å². The number of alkyl halides is 1. The van der Waals surface area contributed by atoms with E-state index in [1.165, 1.54) is 16.5 Å². The molecule has 0 spiro atoms. The second kappa shape index (κ2) is 19.7. The summed E-state index contributed by atoms with van der Waals surface area (Å²) in [6.45, 7) is 14.8. The monoisotopic (exact) mass is 573 g/mol. The highest BCUT2D eigenvalue weighted by atomic mass is 19.1. The van der Waals surface area contributed by atoms with Gasteiger partial charge in [-0.2, -0.15) is 5.10 Å². The predicted molar refractivity (Wildman–Crippen MR) is 164 cm³/mol. The number of allylic oxidation sites excluding steroid dienone is 2. The third-order valence-electron chi connectivity index (χ3n) is 7.07. The van der Waals surface area contributed by atoms with E-state index in [0.717, 1.165) is 63.0 Å². The summed E-state index contributed by atoms with van der Waals surface area (Å²) in [5, 5.41) is 16.9. The van der Waals surface area contributed by atoms with Gasteiger partial charge < -0.3 is 21.0 Å². The van der Waals surface area contributed by atoms with Gasteiger partial charge in [-0.3, -0.25) is 14.3 Å². The number of rotatable bonds is 12. The Kier molecular flexibility index (Phi) is 17.2. The van der Waals surface area contributed by atoms with E-state index in [4.69, 9.17) is 5.41 Å². The molecule has 10 heteroatoms. The van der Waals surface area contributed by atoms with E-state index in [-0.39, 0.29) is 24.4 Å². The van der Waals surface area contributed by atoms with Crippen LogP contribution in [0, 0.1) is 24.2 Å². The predicted octanol–water partition coefficient (Wildman–Crippen LogP) is 6.49. The summed E-state index contributed by atoms with van der Waals surface area (Å²) in [6.07, 6.45) is 12.1. The molecule has 0 bridgehead atoms. The van der Waals surface area contributed by atoms with Gasteiger partial charge in [-0.05, 0) is 64.0 Å². The molecule has 0 aliphatic carbocycles. The van der Waals surface area contributed by atoms with Gasteiger partial charge in [0.1, 0.15) is 18.2 Å². The lowest BCUT2D eigenvalue weighted by molar-refractivity contribution is -0.122. The quantitative estimate of drug-likeness (QED) is 0.216. The summed E-state index contributed by atoms with van der Waals surface area (Å²) < 4.78 is 14.0. The Morgan fingerprint density at radius 2 is 2.05 bits per heavy atom. The number of amides is 2. The molecule has 2 aromatic heterocycles. The molecule has 3 atom stereocenters. The molecule has 41 heavy (non-hydrogen) atoms. The molecule has 1 saturated heterocycles. The second-order valence-corrected chi connectivity index (χ2v) is 11.0. The standard InChI is InChI=1S/C18H28FN5O.C7H13N.C6H11NO/c1-4-13(2)6-5-7-15(16-12-20-14(3)22-16)23-18(25)17-8-10-21-24(17)11-9-19;1-4-6(2)5-7(3)8;1-5-2-3-6(8)7-4-5/h8,10,12-13,15H,4-7,9,11H2,1-3H3,(H,20,22)(H,23,25);5,8H,4H2,1-3H3;5H,2-4H2,1H3,(H,7,8). The average Bonchev–Trinajstić information content (AvgIpc) is 3.59. The summed E-state index contributed by atoms with van der Waals surface area (Å²) in [7, 11) is 0. The molecule has 230 valence electrons. The minimum absolute atomic E-state index is 0.0810. The smallest absolute Gasteiger partial charge is 0.270 e.